The summed E-state index contributed by atoms with van der Waals surface area (Å²) in [5.74, 6) is -0.237. The SMILES string of the molecule is CC(C)C(=O)Nc1oncc1-c1ccccc1.CC(C)CS(=O)(=O)Nc1oncc1-c1ccccc1.CC(C)S(=O)(=O)Nc1oncc1-c1ccccc1.O=C(O)CCC(=O)Nc1oncc1-c1ccccc1.O=S(=O)(CC1CCOCC1)Nc1oncc1-c1ccccc1.O=S(=O)(Cc1ccccc1)Nc1oncc1-c1ccccc1. The van der Waals surface area contributed by atoms with Crippen molar-refractivity contribution < 1.29 is 85.0 Å². The number of hydrogen-bond donors (Lipinski definition) is 7. The third-order valence-electron chi connectivity index (χ3n) is 16.7. The van der Waals surface area contributed by atoms with E-state index in [-0.39, 0.29) is 83.2 Å². The van der Waals surface area contributed by atoms with Crippen molar-refractivity contribution in [3.05, 3.63) is 255 Å². The van der Waals surface area contributed by atoms with Crippen LogP contribution in [0.4, 0.5) is 35.3 Å². The highest BCUT2D eigenvalue weighted by Gasteiger charge is 2.27. The van der Waals surface area contributed by atoms with Crippen molar-refractivity contribution in [2.45, 2.75) is 78.2 Å². The number of anilines is 6. The van der Waals surface area contributed by atoms with Crippen molar-refractivity contribution in [3.8, 4) is 66.8 Å². The first-order valence-electron chi connectivity index (χ1n) is 36.6. The van der Waals surface area contributed by atoms with Gasteiger partial charge in [-0.1, -0.05) is 271 Å². The Balaban J connectivity index is 0.000000161. The minimum absolute atomic E-state index is 0.0422. The fourth-order valence-electron chi connectivity index (χ4n) is 10.8. The molecule has 6 aromatic heterocycles. The molecule has 7 aromatic carbocycles. The van der Waals surface area contributed by atoms with Gasteiger partial charge in [-0.3, -0.25) is 43.9 Å². The molecule has 0 unspecified atom stereocenters. The second-order valence-corrected chi connectivity index (χ2v) is 34.4. The molecule has 7 N–H and O–H groups in total. The number of carbonyl (C=O) groups is 3. The van der Waals surface area contributed by atoms with E-state index in [1.807, 2.05) is 216 Å². The molecule has 1 saturated heterocycles. The highest BCUT2D eigenvalue weighted by molar-refractivity contribution is 7.93. The average molecular weight is 1670 g/mol. The van der Waals surface area contributed by atoms with Crippen LogP contribution in [0.15, 0.2) is 277 Å². The molecule has 1 fully saturated rings. The molecule has 0 radical (unpaired) electrons. The summed E-state index contributed by atoms with van der Waals surface area (Å²) in [5.41, 5.74) is 9.87. The van der Waals surface area contributed by atoms with Crippen molar-refractivity contribution >= 4 is 93.2 Å². The lowest BCUT2D eigenvalue weighted by Crippen LogP contribution is -2.27. The summed E-state index contributed by atoms with van der Waals surface area (Å²) in [7, 11) is -13.9. The van der Waals surface area contributed by atoms with E-state index in [0.717, 1.165) is 51.8 Å². The Morgan fingerprint density at radius 1 is 0.385 bits per heavy atom. The van der Waals surface area contributed by atoms with Crippen molar-refractivity contribution in [2.24, 2.45) is 17.8 Å². The highest BCUT2D eigenvalue weighted by atomic mass is 32.2. The third-order valence-corrected chi connectivity index (χ3v) is 22.6. The van der Waals surface area contributed by atoms with E-state index in [0.29, 0.717) is 52.5 Å². The molecule has 1 aliphatic rings. The lowest BCUT2D eigenvalue weighted by atomic mass is 10.0. The van der Waals surface area contributed by atoms with Crippen LogP contribution in [0.3, 0.4) is 0 Å². The molecule has 13 aromatic rings. The summed E-state index contributed by atoms with van der Waals surface area (Å²) in [6, 6.07) is 65.4. The number of amides is 2. The van der Waals surface area contributed by atoms with Crippen molar-refractivity contribution in [2.75, 3.05) is 54.2 Å². The van der Waals surface area contributed by atoms with Crippen molar-refractivity contribution in [1.82, 2.24) is 30.9 Å². The zero-order chi connectivity index (χ0) is 83.8. The maximum absolute atomic E-state index is 12.3. The van der Waals surface area contributed by atoms with E-state index >= 15 is 0 Å². The topological polar surface area (TPSA) is 446 Å². The zero-order valence-electron chi connectivity index (χ0n) is 64.5. The van der Waals surface area contributed by atoms with Crippen LogP contribution in [0.2, 0.25) is 0 Å². The van der Waals surface area contributed by atoms with Gasteiger partial charge >= 0.3 is 5.97 Å². The predicted octanol–water partition coefficient (Wildman–Crippen LogP) is 16.1. The van der Waals surface area contributed by atoms with E-state index in [1.165, 1.54) is 31.0 Å². The second kappa shape index (κ2) is 43.0. The molecule has 0 aliphatic carbocycles. The van der Waals surface area contributed by atoms with Crippen LogP contribution in [0.5, 0.6) is 0 Å². The molecule has 35 heteroatoms. The number of carboxylic acids is 1. The van der Waals surface area contributed by atoms with Gasteiger partial charge in [0.25, 0.3) is 0 Å². The Morgan fingerprint density at radius 2 is 0.684 bits per heavy atom. The number of aliphatic carboxylic acids is 1. The number of hydrogen-bond acceptors (Lipinski definition) is 24. The summed E-state index contributed by atoms with van der Waals surface area (Å²) >= 11 is 0. The highest BCUT2D eigenvalue weighted by Crippen LogP contribution is 2.35. The summed E-state index contributed by atoms with van der Waals surface area (Å²) in [6.45, 7) is 11.8. The molecule has 14 rings (SSSR count). The summed E-state index contributed by atoms with van der Waals surface area (Å²) in [6.07, 6.45) is 10.3. The minimum Gasteiger partial charge on any atom is -0.481 e. The molecule has 614 valence electrons. The van der Waals surface area contributed by atoms with Crippen LogP contribution in [0.25, 0.3) is 66.8 Å². The summed E-state index contributed by atoms with van der Waals surface area (Å²) in [4.78, 5) is 33.5. The van der Waals surface area contributed by atoms with Crippen LogP contribution in [0, 0.1) is 17.8 Å². The molecule has 0 atom stereocenters. The lowest BCUT2D eigenvalue weighted by Gasteiger charge is -2.21. The van der Waals surface area contributed by atoms with Crippen LogP contribution in [-0.4, -0.2) is 117 Å². The number of rotatable bonds is 27. The fraction of sp³-hybridized carbons (Fsp3) is 0.232. The Morgan fingerprint density at radius 3 is 1.01 bits per heavy atom. The first kappa shape index (κ1) is 88.1. The molecular formula is C82H88N12O19S4. The van der Waals surface area contributed by atoms with E-state index in [1.54, 1.807) is 44.3 Å². The third kappa shape index (κ3) is 28.3. The van der Waals surface area contributed by atoms with Gasteiger partial charge in [-0.2, -0.15) is 0 Å². The average Bonchev–Trinajstić information content (AvgIpc) is 1.38. The first-order valence-corrected chi connectivity index (χ1v) is 43.1. The summed E-state index contributed by atoms with van der Waals surface area (Å²) in [5, 5.41) is 35.3. The van der Waals surface area contributed by atoms with E-state index in [9.17, 15) is 48.1 Å². The molecule has 1 aliphatic heterocycles. The van der Waals surface area contributed by atoms with Crippen molar-refractivity contribution in [1.29, 1.82) is 0 Å². The number of nitrogens with one attached hydrogen (secondary N) is 6. The fourth-order valence-corrected chi connectivity index (χ4v) is 15.4. The maximum Gasteiger partial charge on any atom is 0.303 e. The molecule has 0 saturated carbocycles. The molecule has 0 bridgehead atoms. The van der Waals surface area contributed by atoms with Crippen molar-refractivity contribution in [3.63, 3.8) is 0 Å². The number of carboxylic acid groups (broad SMARTS) is 1. The van der Waals surface area contributed by atoms with Gasteiger partial charge < -0.3 is 37.0 Å². The number of nitrogens with zero attached hydrogens (tertiary/aromatic N) is 6. The van der Waals surface area contributed by atoms with Crippen LogP contribution >= 0.6 is 0 Å². The quantitative estimate of drug-likeness (QED) is 0.0251. The number of aromatic nitrogens is 6. The number of benzene rings is 7. The van der Waals surface area contributed by atoms with E-state index in [4.69, 9.17) is 37.0 Å². The van der Waals surface area contributed by atoms with Gasteiger partial charge in [0.2, 0.25) is 87.2 Å². The lowest BCUT2D eigenvalue weighted by molar-refractivity contribution is -0.138. The number of sulfonamides is 4. The largest absolute Gasteiger partial charge is 0.481 e. The summed E-state index contributed by atoms with van der Waals surface area (Å²) < 4.78 is 142. The minimum atomic E-state index is -3.57. The molecule has 0 spiro atoms. The number of carbonyl (C=O) groups excluding carboxylic acids is 2. The zero-order valence-corrected chi connectivity index (χ0v) is 67.7. The van der Waals surface area contributed by atoms with Crippen LogP contribution in [-0.2, 0) is 65.0 Å². The van der Waals surface area contributed by atoms with Crippen LogP contribution < -0.4 is 29.5 Å². The van der Waals surface area contributed by atoms with Gasteiger partial charge in [-0.15, -0.1) is 0 Å². The normalized spacial score (nSPS) is 12.1. The molecule has 117 heavy (non-hydrogen) atoms. The second-order valence-electron chi connectivity index (χ2n) is 27.0. The first-order chi connectivity index (χ1) is 56.1. The van der Waals surface area contributed by atoms with Gasteiger partial charge in [-0.05, 0) is 77.5 Å². The Labute approximate surface area is 677 Å². The smallest absolute Gasteiger partial charge is 0.303 e. The molecule has 7 heterocycles. The Kier molecular flexibility index (Phi) is 32.4. The monoisotopic (exact) mass is 1670 g/mol. The number of ether oxygens (including phenoxy) is 1. The van der Waals surface area contributed by atoms with Gasteiger partial charge in [0.05, 0.1) is 99.5 Å². The predicted molar refractivity (Wildman–Crippen MR) is 444 cm³/mol. The van der Waals surface area contributed by atoms with Gasteiger partial charge in [0.15, 0.2) is 0 Å². The maximum atomic E-state index is 12.3. The van der Waals surface area contributed by atoms with E-state index < -0.39 is 57.2 Å². The van der Waals surface area contributed by atoms with Gasteiger partial charge in [0, 0.05) is 25.6 Å². The Bertz CT molecular complexity index is 5690. The standard InChI is InChI=1S/C16H14N2O3S.C15H18N2O4S.C13H12N2O4.C13H16N2O3S.C13H14N2O2.C12H14N2O3S/c19-22(20,12-13-7-3-1-4-8-13)18-16-15(11-17-21-16)14-9-5-2-6-10-14;18-22(19,11-12-6-8-20-9-7-12)17-15-14(10-16-21-15)13-4-2-1-3-5-13;16-11(6-7-12(17)18)15-13-10(8-14-19-13)9-4-2-1-3-5-9;1-10(2)9-19(16,17)15-13-12(8-14-18-13)11-6-4-3-5-7-11;1-9(2)12(16)15-13-11(8-14-17-13)10-6-4-3-5-7-10;1-9(2)18(15,16)14-12-11(8-13-17-12)10-6-4-3-5-7-10/h1-11,18H,12H2;1-5,10,12,17H,6-9,11H2;1-5,8H,6-7H2,(H,15,16)(H,17,18);3-8,10,15H,9H2,1-2H3;3-9H,1-2H3,(H,15,16);3-9,14H,1-2H3. The Hall–Kier alpha value is -12.8. The van der Waals surface area contributed by atoms with Crippen LogP contribution in [0.1, 0.15) is 72.8 Å². The van der Waals surface area contributed by atoms with Gasteiger partial charge in [0.1, 0.15) is 0 Å². The molecular weight excluding hydrogens is 1590 g/mol. The molecule has 31 nitrogen and oxygen atoms in total. The van der Waals surface area contributed by atoms with Gasteiger partial charge in [-0.25, -0.2) is 33.7 Å². The molecule has 2 amide bonds. The van der Waals surface area contributed by atoms with E-state index in [2.05, 4.69) is 60.5 Å².